The Labute approximate surface area is 158 Å². The van der Waals surface area contributed by atoms with Gasteiger partial charge in [-0.3, -0.25) is 4.79 Å². The normalized spacial score (nSPS) is 27.2. The second kappa shape index (κ2) is 7.39. The Morgan fingerprint density at radius 1 is 1.11 bits per heavy atom. The third kappa shape index (κ3) is 3.74. The maximum atomic E-state index is 13.7. The highest BCUT2D eigenvalue weighted by atomic mass is 19.2. The summed E-state index contributed by atoms with van der Waals surface area (Å²) in [7, 11) is 0. The smallest absolute Gasteiger partial charge is 0.224 e. The van der Waals surface area contributed by atoms with Crippen LogP contribution in [-0.2, 0) is 4.79 Å². The molecule has 2 fully saturated rings. The molecule has 2 aromatic carbocycles. The summed E-state index contributed by atoms with van der Waals surface area (Å²) >= 11 is 0. The fraction of sp³-hybridized carbons (Fsp3) is 0.409. The van der Waals surface area contributed by atoms with E-state index < -0.39 is 11.6 Å². The van der Waals surface area contributed by atoms with Gasteiger partial charge < -0.3 is 10.6 Å². The molecule has 1 aliphatic heterocycles. The molecule has 0 spiro atoms. The van der Waals surface area contributed by atoms with Gasteiger partial charge in [0.05, 0.1) is 0 Å². The van der Waals surface area contributed by atoms with E-state index in [-0.39, 0.29) is 29.7 Å². The summed E-state index contributed by atoms with van der Waals surface area (Å²) in [4.78, 5) is 12.8. The van der Waals surface area contributed by atoms with E-state index in [1.165, 1.54) is 23.3 Å². The van der Waals surface area contributed by atoms with Crippen molar-refractivity contribution in [3.8, 4) is 0 Å². The summed E-state index contributed by atoms with van der Waals surface area (Å²) in [5.41, 5.74) is 3.21. The van der Waals surface area contributed by atoms with Crippen molar-refractivity contribution in [2.45, 2.75) is 37.6 Å². The van der Waals surface area contributed by atoms with Gasteiger partial charge in [-0.25, -0.2) is 8.78 Å². The van der Waals surface area contributed by atoms with Crippen molar-refractivity contribution in [1.29, 1.82) is 0 Å². The minimum absolute atomic E-state index is 0.00127. The third-order valence-corrected chi connectivity index (χ3v) is 5.90. The second-order valence-corrected chi connectivity index (χ2v) is 7.69. The highest BCUT2D eigenvalue weighted by Crippen LogP contribution is 2.48. The average Bonchev–Trinajstić information content (AvgIpc) is 3.46. The second-order valence-electron chi connectivity index (χ2n) is 7.69. The summed E-state index contributed by atoms with van der Waals surface area (Å²) in [6.07, 6.45) is 1.65. The summed E-state index contributed by atoms with van der Waals surface area (Å²) in [5, 5.41) is 6.46. The first-order valence-electron chi connectivity index (χ1n) is 9.56. The molecule has 4 rings (SSSR count). The molecule has 0 aromatic heterocycles. The molecule has 142 valence electrons. The first-order chi connectivity index (χ1) is 13.0. The van der Waals surface area contributed by atoms with E-state index >= 15 is 0 Å². The van der Waals surface area contributed by atoms with E-state index in [0.717, 1.165) is 24.9 Å². The van der Waals surface area contributed by atoms with Crippen LogP contribution in [0.15, 0.2) is 42.5 Å². The molecule has 1 saturated carbocycles. The molecular formula is C22H24F2N2O. The van der Waals surface area contributed by atoms with Gasteiger partial charge in [0, 0.05) is 24.4 Å². The van der Waals surface area contributed by atoms with Crippen LogP contribution >= 0.6 is 0 Å². The maximum Gasteiger partial charge on any atom is 0.224 e. The molecule has 5 heteroatoms. The molecule has 1 aliphatic carbocycles. The average molecular weight is 370 g/mol. The zero-order valence-corrected chi connectivity index (χ0v) is 15.3. The minimum Gasteiger partial charge on any atom is -0.351 e. The van der Waals surface area contributed by atoms with Crippen LogP contribution in [0.25, 0.3) is 0 Å². The Hall–Kier alpha value is -2.27. The number of hydrogen-bond acceptors (Lipinski definition) is 2. The number of benzene rings is 2. The lowest BCUT2D eigenvalue weighted by atomic mass is 9.85. The number of hydrogen-bond donors (Lipinski definition) is 2. The van der Waals surface area contributed by atoms with Crippen molar-refractivity contribution in [3.05, 3.63) is 70.8 Å². The number of rotatable bonds is 4. The van der Waals surface area contributed by atoms with E-state index in [1.807, 2.05) is 12.1 Å². The molecule has 0 bridgehead atoms. The Bertz CT molecular complexity index is 854. The van der Waals surface area contributed by atoms with Crippen LogP contribution in [0.1, 0.15) is 41.4 Å². The number of nitrogens with one attached hydrogen (secondary N) is 2. The van der Waals surface area contributed by atoms with Gasteiger partial charge in [0.1, 0.15) is 0 Å². The van der Waals surface area contributed by atoms with E-state index in [9.17, 15) is 13.6 Å². The molecule has 3 nitrogen and oxygen atoms in total. The Kier molecular flexibility index (Phi) is 4.96. The molecule has 0 radical (unpaired) electrons. The van der Waals surface area contributed by atoms with Crippen LogP contribution in [-0.4, -0.2) is 25.0 Å². The van der Waals surface area contributed by atoms with Gasteiger partial charge in [0.15, 0.2) is 11.6 Å². The van der Waals surface area contributed by atoms with Gasteiger partial charge in [-0.1, -0.05) is 30.3 Å². The largest absolute Gasteiger partial charge is 0.351 e. The maximum absolute atomic E-state index is 13.7. The van der Waals surface area contributed by atoms with Crippen molar-refractivity contribution in [2.75, 3.05) is 13.1 Å². The fourth-order valence-electron chi connectivity index (χ4n) is 4.27. The molecule has 27 heavy (non-hydrogen) atoms. The van der Waals surface area contributed by atoms with Crippen LogP contribution in [0, 0.1) is 24.5 Å². The van der Waals surface area contributed by atoms with Gasteiger partial charge in [0.25, 0.3) is 0 Å². The molecule has 4 unspecified atom stereocenters. The van der Waals surface area contributed by atoms with Crippen LogP contribution in [0.5, 0.6) is 0 Å². The summed E-state index contributed by atoms with van der Waals surface area (Å²) in [5.74, 6) is -1.35. The van der Waals surface area contributed by atoms with E-state index in [0.29, 0.717) is 6.54 Å². The van der Waals surface area contributed by atoms with Crippen molar-refractivity contribution in [2.24, 2.45) is 5.92 Å². The first kappa shape index (κ1) is 18.1. The molecule has 2 aromatic rings. The minimum atomic E-state index is -0.840. The van der Waals surface area contributed by atoms with Crippen LogP contribution < -0.4 is 10.6 Å². The zero-order valence-electron chi connectivity index (χ0n) is 15.3. The number of amides is 1. The number of aryl methyl sites for hydroxylation is 1. The standard InChI is InChI=1S/C22H24F2N2O/c1-13-4-2-3-5-15(13)17-11-18(17)22(27)26-21-12-25-9-8-16(21)14-6-7-19(23)20(24)10-14/h2-7,10,16-18,21,25H,8-9,11-12H2,1H3,(H,26,27). The monoisotopic (exact) mass is 370 g/mol. The molecule has 2 aliphatic rings. The van der Waals surface area contributed by atoms with Gasteiger partial charge >= 0.3 is 0 Å². The molecule has 2 N–H and O–H groups in total. The highest BCUT2D eigenvalue weighted by molar-refractivity contribution is 5.83. The molecule has 4 atom stereocenters. The molecular weight excluding hydrogens is 346 g/mol. The third-order valence-electron chi connectivity index (χ3n) is 5.90. The van der Waals surface area contributed by atoms with E-state index in [2.05, 4.69) is 29.7 Å². The molecule has 1 saturated heterocycles. The summed E-state index contributed by atoms with van der Waals surface area (Å²) < 4.78 is 26.9. The van der Waals surface area contributed by atoms with Crippen LogP contribution in [0.2, 0.25) is 0 Å². The SMILES string of the molecule is Cc1ccccc1C1CC1C(=O)NC1CNCCC1c1ccc(F)c(F)c1. The zero-order chi connectivity index (χ0) is 19.0. The number of halogens is 2. The number of carbonyl (C=O) groups excluding carboxylic acids is 1. The van der Waals surface area contributed by atoms with Gasteiger partial charge in [0.2, 0.25) is 5.91 Å². The molecule has 1 amide bonds. The number of piperidine rings is 1. The van der Waals surface area contributed by atoms with Crippen molar-refractivity contribution in [3.63, 3.8) is 0 Å². The lowest BCUT2D eigenvalue weighted by Crippen LogP contribution is -2.50. The van der Waals surface area contributed by atoms with E-state index in [4.69, 9.17) is 0 Å². The number of carbonyl (C=O) groups is 1. The van der Waals surface area contributed by atoms with Gasteiger partial charge in [-0.2, -0.15) is 0 Å². The van der Waals surface area contributed by atoms with Crippen molar-refractivity contribution >= 4 is 5.91 Å². The summed E-state index contributed by atoms with van der Waals surface area (Å²) in [6.45, 7) is 3.51. The quantitative estimate of drug-likeness (QED) is 0.863. The van der Waals surface area contributed by atoms with Crippen LogP contribution in [0.3, 0.4) is 0 Å². The topological polar surface area (TPSA) is 41.1 Å². The van der Waals surface area contributed by atoms with Gasteiger partial charge in [-0.05, 0) is 61.1 Å². The lowest BCUT2D eigenvalue weighted by Gasteiger charge is -2.33. The van der Waals surface area contributed by atoms with Crippen molar-refractivity contribution in [1.82, 2.24) is 10.6 Å². The Morgan fingerprint density at radius 2 is 1.93 bits per heavy atom. The van der Waals surface area contributed by atoms with Crippen molar-refractivity contribution < 1.29 is 13.6 Å². The predicted octanol–water partition coefficient (Wildman–Crippen LogP) is 3.64. The predicted molar refractivity (Wildman–Crippen MR) is 101 cm³/mol. The molecule has 1 heterocycles. The van der Waals surface area contributed by atoms with E-state index in [1.54, 1.807) is 6.07 Å². The summed E-state index contributed by atoms with van der Waals surface area (Å²) in [6, 6.07) is 12.1. The Morgan fingerprint density at radius 3 is 2.70 bits per heavy atom. The highest BCUT2D eigenvalue weighted by Gasteiger charge is 2.45. The fourth-order valence-corrected chi connectivity index (χ4v) is 4.27. The van der Waals surface area contributed by atoms with Gasteiger partial charge in [-0.15, -0.1) is 0 Å². The van der Waals surface area contributed by atoms with Crippen LogP contribution in [0.4, 0.5) is 8.78 Å². The lowest BCUT2D eigenvalue weighted by molar-refractivity contribution is -0.123. The Balaban J connectivity index is 1.45. The first-order valence-corrected chi connectivity index (χ1v) is 9.56.